The van der Waals surface area contributed by atoms with Gasteiger partial charge in [-0.15, -0.1) is 0 Å². The second-order valence-corrected chi connectivity index (χ2v) is 5.38. The van der Waals surface area contributed by atoms with Crippen LogP contribution >= 0.6 is 0 Å². The minimum atomic E-state index is -0.341. The molecule has 0 saturated carbocycles. The lowest BCUT2D eigenvalue weighted by molar-refractivity contribution is 0.0305. The molecular weight excluding hydrogens is 301 g/mol. The van der Waals surface area contributed by atoms with E-state index in [4.69, 9.17) is 9.26 Å². The molecule has 0 bridgehead atoms. The van der Waals surface area contributed by atoms with E-state index in [-0.39, 0.29) is 24.0 Å². The molecule has 2 aromatic rings. The number of ether oxygens (including phenoxy) is 1. The van der Waals surface area contributed by atoms with Gasteiger partial charge in [0.2, 0.25) is 0 Å². The third-order valence-electron chi connectivity index (χ3n) is 3.62. The molecule has 7 heteroatoms. The minimum Gasteiger partial charge on any atom is -0.379 e. The molecule has 0 spiro atoms. The Bertz CT molecular complexity index is 668. The molecule has 0 atom stereocenters. The number of amides is 1. The first-order chi connectivity index (χ1) is 11.2. The zero-order chi connectivity index (χ0) is 16.1. The number of halogens is 1. The van der Waals surface area contributed by atoms with E-state index in [1.807, 2.05) is 0 Å². The average Bonchev–Trinajstić information content (AvgIpc) is 3.02. The quantitative estimate of drug-likeness (QED) is 0.906. The lowest BCUT2D eigenvalue weighted by Crippen LogP contribution is -2.35. The van der Waals surface area contributed by atoms with Gasteiger partial charge in [0.1, 0.15) is 5.82 Å². The van der Waals surface area contributed by atoms with Gasteiger partial charge in [-0.3, -0.25) is 9.69 Å². The van der Waals surface area contributed by atoms with Gasteiger partial charge in [-0.25, -0.2) is 4.39 Å². The van der Waals surface area contributed by atoms with E-state index >= 15 is 0 Å². The Labute approximate surface area is 133 Å². The van der Waals surface area contributed by atoms with Gasteiger partial charge >= 0.3 is 0 Å². The number of hydrogen-bond acceptors (Lipinski definition) is 5. The van der Waals surface area contributed by atoms with E-state index in [1.54, 1.807) is 18.2 Å². The Morgan fingerprint density at radius 3 is 2.91 bits per heavy atom. The first kappa shape index (κ1) is 15.6. The van der Waals surface area contributed by atoms with Crippen LogP contribution in [0, 0.1) is 5.82 Å². The minimum absolute atomic E-state index is 0.227. The maximum atomic E-state index is 13.1. The molecule has 0 unspecified atom stereocenters. The number of carbonyl (C=O) groups excluding carboxylic acids is 1. The highest BCUT2D eigenvalue weighted by atomic mass is 19.1. The van der Waals surface area contributed by atoms with Gasteiger partial charge in [0, 0.05) is 25.7 Å². The number of carbonyl (C=O) groups is 1. The van der Waals surface area contributed by atoms with Gasteiger partial charge in [-0.05, 0) is 17.7 Å². The molecule has 1 amide bonds. The van der Waals surface area contributed by atoms with Crippen LogP contribution in [-0.2, 0) is 17.8 Å². The molecule has 122 valence electrons. The van der Waals surface area contributed by atoms with Crippen molar-refractivity contribution in [3.05, 3.63) is 53.2 Å². The summed E-state index contributed by atoms with van der Waals surface area (Å²) in [5.74, 6) is -0.0278. The van der Waals surface area contributed by atoms with Crippen LogP contribution in [-0.4, -0.2) is 42.3 Å². The van der Waals surface area contributed by atoms with Gasteiger partial charge in [-0.2, -0.15) is 0 Å². The lowest BCUT2D eigenvalue weighted by atomic mass is 10.2. The maximum absolute atomic E-state index is 13.1. The molecule has 6 nitrogen and oxygen atoms in total. The van der Waals surface area contributed by atoms with Crippen LogP contribution in [0.4, 0.5) is 4.39 Å². The Kier molecular flexibility index (Phi) is 4.99. The summed E-state index contributed by atoms with van der Waals surface area (Å²) in [5, 5.41) is 6.49. The molecule has 23 heavy (non-hydrogen) atoms. The number of nitrogens with zero attached hydrogens (tertiary/aromatic N) is 2. The summed E-state index contributed by atoms with van der Waals surface area (Å²) < 4.78 is 23.6. The molecule has 1 N–H and O–H groups in total. The van der Waals surface area contributed by atoms with E-state index in [0.717, 1.165) is 13.1 Å². The number of morpholine rings is 1. The van der Waals surface area contributed by atoms with Crippen LogP contribution in [0.25, 0.3) is 0 Å². The molecule has 2 heterocycles. The number of rotatable bonds is 5. The normalized spacial score (nSPS) is 15.5. The first-order valence-electron chi connectivity index (χ1n) is 7.49. The highest BCUT2D eigenvalue weighted by Crippen LogP contribution is 2.09. The van der Waals surface area contributed by atoms with Crippen LogP contribution in [0.2, 0.25) is 0 Å². The van der Waals surface area contributed by atoms with E-state index in [1.165, 1.54) is 12.1 Å². The summed E-state index contributed by atoms with van der Waals surface area (Å²) in [7, 11) is 0. The number of benzene rings is 1. The third kappa shape index (κ3) is 4.37. The SMILES string of the molecule is O=C(NCc1cccc(F)c1)c1cc(CN2CCOCC2)on1. The highest BCUT2D eigenvalue weighted by molar-refractivity contribution is 5.92. The van der Waals surface area contributed by atoms with Crippen molar-refractivity contribution in [2.24, 2.45) is 0 Å². The van der Waals surface area contributed by atoms with Crippen LogP contribution in [0.3, 0.4) is 0 Å². The number of aromatic nitrogens is 1. The topological polar surface area (TPSA) is 67.6 Å². The van der Waals surface area contributed by atoms with Crippen molar-refractivity contribution in [3.63, 3.8) is 0 Å². The Balaban J connectivity index is 1.53. The fraction of sp³-hybridized carbons (Fsp3) is 0.375. The van der Waals surface area contributed by atoms with Gasteiger partial charge in [0.05, 0.1) is 19.8 Å². The second kappa shape index (κ2) is 7.34. The molecule has 0 aliphatic carbocycles. The second-order valence-electron chi connectivity index (χ2n) is 5.38. The summed E-state index contributed by atoms with van der Waals surface area (Å²) in [6.07, 6.45) is 0. The molecule has 1 aliphatic rings. The average molecular weight is 319 g/mol. The Hall–Kier alpha value is -2.25. The predicted molar refractivity (Wildman–Crippen MR) is 80.2 cm³/mol. The molecular formula is C16H18FN3O3. The molecule has 1 fully saturated rings. The van der Waals surface area contributed by atoms with Crippen molar-refractivity contribution in [1.82, 2.24) is 15.4 Å². The van der Waals surface area contributed by atoms with Gasteiger partial charge in [-0.1, -0.05) is 17.3 Å². The fourth-order valence-corrected chi connectivity index (χ4v) is 2.39. The zero-order valence-corrected chi connectivity index (χ0v) is 12.6. The third-order valence-corrected chi connectivity index (χ3v) is 3.62. The molecule has 1 aromatic carbocycles. The highest BCUT2D eigenvalue weighted by Gasteiger charge is 2.16. The van der Waals surface area contributed by atoms with E-state index in [9.17, 15) is 9.18 Å². The molecule has 1 aliphatic heterocycles. The van der Waals surface area contributed by atoms with Crippen LogP contribution in [0.15, 0.2) is 34.9 Å². The molecule has 1 aromatic heterocycles. The summed E-state index contributed by atoms with van der Waals surface area (Å²) in [6, 6.07) is 7.73. The van der Waals surface area contributed by atoms with Crippen molar-refractivity contribution < 1.29 is 18.4 Å². The zero-order valence-electron chi connectivity index (χ0n) is 12.6. The molecule has 3 rings (SSSR count). The van der Waals surface area contributed by atoms with Gasteiger partial charge in [0.15, 0.2) is 11.5 Å². The van der Waals surface area contributed by atoms with Crippen LogP contribution in [0.5, 0.6) is 0 Å². The monoisotopic (exact) mass is 319 g/mol. The lowest BCUT2D eigenvalue weighted by Gasteiger charge is -2.25. The smallest absolute Gasteiger partial charge is 0.273 e. The summed E-state index contributed by atoms with van der Waals surface area (Å²) >= 11 is 0. The summed E-state index contributed by atoms with van der Waals surface area (Å²) in [4.78, 5) is 14.2. The van der Waals surface area contributed by atoms with E-state index < -0.39 is 0 Å². The van der Waals surface area contributed by atoms with Crippen molar-refractivity contribution in [2.45, 2.75) is 13.1 Å². The largest absolute Gasteiger partial charge is 0.379 e. The van der Waals surface area contributed by atoms with Crippen molar-refractivity contribution >= 4 is 5.91 Å². The Morgan fingerprint density at radius 1 is 1.30 bits per heavy atom. The van der Waals surface area contributed by atoms with Crippen LogP contribution < -0.4 is 5.32 Å². The maximum Gasteiger partial charge on any atom is 0.273 e. The predicted octanol–water partition coefficient (Wildman–Crippen LogP) is 1.58. The van der Waals surface area contributed by atoms with Crippen molar-refractivity contribution in [3.8, 4) is 0 Å². The standard InChI is InChI=1S/C16H18FN3O3/c17-13-3-1-2-12(8-13)10-18-16(21)15-9-14(23-19-15)11-20-4-6-22-7-5-20/h1-3,8-9H,4-7,10-11H2,(H,18,21). The van der Waals surface area contributed by atoms with Crippen molar-refractivity contribution in [2.75, 3.05) is 26.3 Å². The molecule has 1 saturated heterocycles. The Morgan fingerprint density at radius 2 is 2.13 bits per heavy atom. The van der Waals surface area contributed by atoms with Gasteiger partial charge < -0.3 is 14.6 Å². The van der Waals surface area contributed by atoms with E-state index in [2.05, 4.69) is 15.4 Å². The number of hydrogen-bond donors (Lipinski definition) is 1. The number of nitrogens with one attached hydrogen (secondary N) is 1. The summed E-state index contributed by atoms with van der Waals surface area (Å²) in [5.41, 5.74) is 0.917. The van der Waals surface area contributed by atoms with Gasteiger partial charge in [0.25, 0.3) is 5.91 Å². The fourth-order valence-electron chi connectivity index (χ4n) is 2.39. The first-order valence-corrected chi connectivity index (χ1v) is 7.49. The van der Waals surface area contributed by atoms with Crippen LogP contribution in [0.1, 0.15) is 21.8 Å². The van der Waals surface area contributed by atoms with Crippen molar-refractivity contribution in [1.29, 1.82) is 0 Å². The molecule has 0 radical (unpaired) electrons. The summed E-state index contributed by atoms with van der Waals surface area (Å²) in [6.45, 7) is 3.92. The van der Waals surface area contributed by atoms with E-state index in [0.29, 0.717) is 31.1 Å².